The molecule has 0 aliphatic carbocycles. The van der Waals surface area contributed by atoms with Gasteiger partial charge < -0.3 is 4.90 Å². The van der Waals surface area contributed by atoms with Gasteiger partial charge in [0.2, 0.25) is 5.91 Å². The van der Waals surface area contributed by atoms with E-state index in [1.807, 2.05) is 30.3 Å². The lowest BCUT2D eigenvalue weighted by atomic mass is 10.2. The number of hydrogen-bond acceptors (Lipinski definition) is 3. The summed E-state index contributed by atoms with van der Waals surface area (Å²) in [6, 6.07) is 9.75. The van der Waals surface area contributed by atoms with Crippen molar-refractivity contribution >= 4 is 23.7 Å². The Morgan fingerprint density at radius 1 is 1.25 bits per heavy atom. The first-order valence-corrected chi connectivity index (χ1v) is 6.11. The van der Waals surface area contributed by atoms with Gasteiger partial charge in [-0.3, -0.25) is 10.1 Å². The quantitative estimate of drug-likeness (QED) is 0.804. The van der Waals surface area contributed by atoms with Gasteiger partial charge in [0.05, 0.1) is 5.88 Å². The first kappa shape index (κ1) is 11.0. The number of benzene rings is 1. The van der Waals surface area contributed by atoms with E-state index in [9.17, 15) is 9.59 Å². The average Bonchev–Trinajstić information content (AvgIpc) is 2.59. The third-order valence-electron chi connectivity index (χ3n) is 2.23. The number of nitrogens with zero attached hydrogens (tertiary/aromatic N) is 1. The van der Waals surface area contributed by atoms with Crippen LogP contribution in [0.15, 0.2) is 30.3 Å². The second-order valence-corrected chi connectivity index (χ2v) is 4.47. The van der Waals surface area contributed by atoms with E-state index in [0.29, 0.717) is 5.88 Å². The molecule has 1 heterocycles. The average molecular weight is 236 g/mol. The van der Waals surface area contributed by atoms with Gasteiger partial charge >= 0.3 is 6.03 Å². The number of carbonyl (C=O) groups is 2. The van der Waals surface area contributed by atoms with Crippen molar-refractivity contribution in [2.24, 2.45) is 0 Å². The molecule has 0 aromatic heterocycles. The highest BCUT2D eigenvalue weighted by Gasteiger charge is 2.25. The fourth-order valence-electron chi connectivity index (χ4n) is 1.44. The molecule has 1 N–H and O–H groups in total. The Morgan fingerprint density at radius 2 is 2.00 bits per heavy atom. The van der Waals surface area contributed by atoms with Gasteiger partial charge in [-0.2, -0.15) is 0 Å². The van der Waals surface area contributed by atoms with Crippen molar-refractivity contribution in [1.29, 1.82) is 0 Å². The minimum absolute atomic E-state index is 0.181. The molecule has 0 radical (unpaired) electrons. The van der Waals surface area contributed by atoms with E-state index in [1.165, 1.54) is 10.5 Å². The molecule has 1 aromatic rings. The summed E-state index contributed by atoms with van der Waals surface area (Å²) >= 11 is 1.62. The van der Waals surface area contributed by atoms with Crippen LogP contribution in [0.3, 0.4) is 0 Å². The Kier molecular flexibility index (Phi) is 3.46. The Morgan fingerprint density at radius 3 is 2.62 bits per heavy atom. The van der Waals surface area contributed by atoms with E-state index in [1.54, 1.807) is 11.8 Å². The fourth-order valence-corrected chi connectivity index (χ4v) is 2.38. The van der Waals surface area contributed by atoms with Gasteiger partial charge in [0.1, 0.15) is 6.54 Å². The van der Waals surface area contributed by atoms with Crippen LogP contribution in [0, 0.1) is 0 Å². The topological polar surface area (TPSA) is 49.4 Å². The number of carbonyl (C=O) groups excluding carboxylic acids is 2. The third kappa shape index (κ3) is 2.76. The molecule has 1 aliphatic heterocycles. The highest BCUT2D eigenvalue weighted by atomic mass is 32.2. The van der Waals surface area contributed by atoms with Gasteiger partial charge in [0, 0.05) is 5.75 Å². The van der Waals surface area contributed by atoms with Gasteiger partial charge in [-0.1, -0.05) is 30.3 Å². The molecular formula is C11H12N2O2S. The zero-order valence-electron chi connectivity index (χ0n) is 8.68. The number of nitrogens with one attached hydrogen (secondary N) is 1. The van der Waals surface area contributed by atoms with E-state index in [0.717, 1.165) is 5.75 Å². The Labute approximate surface area is 98.0 Å². The maximum atomic E-state index is 11.2. The van der Waals surface area contributed by atoms with Crippen molar-refractivity contribution in [3.05, 3.63) is 35.9 Å². The first-order valence-electron chi connectivity index (χ1n) is 4.96. The monoisotopic (exact) mass is 236 g/mol. The van der Waals surface area contributed by atoms with E-state index in [4.69, 9.17) is 0 Å². The summed E-state index contributed by atoms with van der Waals surface area (Å²) < 4.78 is 0. The summed E-state index contributed by atoms with van der Waals surface area (Å²) in [6.07, 6.45) is 0. The molecule has 84 valence electrons. The fraction of sp³-hybridized carbons (Fsp3) is 0.273. The molecule has 0 unspecified atom stereocenters. The molecule has 1 aliphatic rings. The highest BCUT2D eigenvalue weighted by Crippen LogP contribution is 2.14. The van der Waals surface area contributed by atoms with Crippen molar-refractivity contribution in [3.8, 4) is 0 Å². The molecule has 16 heavy (non-hydrogen) atoms. The summed E-state index contributed by atoms with van der Waals surface area (Å²) in [5, 5.41) is 2.25. The molecular weight excluding hydrogens is 224 g/mol. The molecule has 0 atom stereocenters. The van der Waals surface area contributed by atoms with E-state index < -0.39 is 0 Å². The number of hydrogen-bond donors (Lipinski definition) is 1. The molecule has 0 bridgehead atoms. The van der Waals surface area contributed by atoms with Crippen molar-refractivity contribution in [3.63, 3.8) is 0 Å². The van der Waals surface area contributed by atoms with Gasteiger partial charge in [-0.05, 0) is 5.56 Å². The van der Waals surface area contributed by atoms with Crippen LogP contribution in [0.25, 0.3) is 0 Å². The third-order valence-corrected chi connectivity index (χ3v) is 3.26. The van der Waals surface area contributed by atoms with Crippen LogP contribution in [0.2, 0.25) is 0 Å². The van der Waals surface area contributed by atoms with Crippen molar-refractivity contribution in [2.45, 2.75) is 5.75 Å². The second kappa shape index (κ2) is 5.03. The van der Waals surface area contributed by atoms with Crippen molar-refractivity contribution in [1.82, 2.24) is 10.2 Å². The van der Waals surface area contributed by atoms with Crippen LogP contribution in [0.4, 0.5) is 4.79 Å². The summed E-state index contributed by atoms with van der Waals surface area (Å²) in [7, 11) is 0. The minimum Gasteiger partial charge on any atom is -0.306 e. The molecule has 1 aromatic carbocycles. The number of imide groups is 1. The molecule has 1 fully saturated rings. The van der Waals surface area contributed by atoms with Gasteiger partial charge in [0.15, 0.2) is 0 Å². The zero-order valence-corrected chi connectivity index (χ0v) is 9.50. The highest BCUT2D eigenvalue weighted by molar-refractivity contribution is 7.98. The maximum absolute atomic E-state index is 11.2. The molecule has 1 saturated heterocycles. The molecule has 0 saturated carbocycles. The summed E-state index contributed by atoms with van der Waals surface area (Å²) in [4.78, 5) is 23.6. The largest absolute Gasteiger partial charge is 0.325 e. The van der Waals surface area contributed by atoms with Gasteiger partial charge in [-0.15, -0.1) is 11.8 Å². The van der Waals surface area contributed by atoms with Crippen LogP contribution >= 0.6 is 11.8 Å². The summed E-state index contributed by atoms with van der Waals surface area (Å²) in [6.45, 7) is 0.181. The van der Waals surface area contributed by atoms with E-state index in [2.05, 4.69) is 5.32 Å². The zero-order chi connectivity index (χ0) is 11.4. The molecule has 0 spiro atoms. The maximum Gasteiger partial charge on any atom is 0.325 e. The predicted octanol–water partition coefficient (Wildman–Crippen LogP) is 1.43. The Bertz CT molecular complexity index is 394. The SMILES string of the molecule is O=C1CN(CSCc2ccccc2)C(=O)N1. The molecule has 3 amide bonds. The number of urea groups is 1. The molecule has 4 nitrogen and oxygen atoms in total. The van der Waals surface area contributed by atoms with Crippen LogP contribution in [0.1, 0.15) is 5.56 Å². The summed E-state index contributed by atoms with van der Waals surface area (Å²) in [5.41, 5.74) is 1.22. The van der Waals surface area contributed by atoms with Crippen LogP contribution in [-0.4, -0.2) is 29.3 Å². The van der Waals surface area contributed by atoms with Crippen molar-refractivity contribution in [2.75, 3.05) is 12.4 Å². The standard InChI is InChI=1S/C11H12N2O2S/c14-10-6-13(11(15)12-10)8-16-7-9-4-2-1-3-5-9/h1-5H,6-8H2,(H,12,14,15). The predicted molar refractivity (Wildman–Crippen MR) is 62.8 cm³/mol. The lowest BCUT2D eigenvalue weighted by molar-refractivity contribution is -0.118. The first-order chi connectivity index (χ1) is 7.75. The van der Waals surface area contributed by atoms with Crippen LogP contribution in [0.5, 0.6) is 0 Å². The smallest absolute Gasteiger partial charge is 0.306 e. The van der Waals surface area contributed by atoms with Crippen molar-refractivity contribution < 1.29 is 9.59 Å². The Balaban J connectivity index is 1.76. The summed E-state index contributed by atoms with van der Waals surface area (Å²) in [5.74, 6) is 1.18. The second-order valence-electron chi connectivity index (χ2n) is 3.51. The van der Waals surface area contributed by atoms with E-state index in [-0.39, 0.29) is 18.5 Å². The lowest BCUT2D eigenvalue weighted by Gasteiger charge is -2.11. The molecule has 2 rings (SSSR count). The number of amides is 3. The normalized spacial score (nSPS) is 15.4. The molecule has 5 heteroatoms. The van der Waals surface area contributed by atoms with E-state index >= 15 is 0 Å². The van der Waals surface area contributed by atoms with Gasteiger partial charge in [-0.25, -0.2) is 4.79 Å². The van der Waals surface area contributed by atoms with Crippen LogP contribution in [-0.2, 0) is 10.5 Å². The number of rotatable bonds is 4. The number of thioether (sulfide) groups is 1. The van der Waals surface area contributed by atoms with Crippen LogP contribution < -0.4 is 5.32 Å². The van der Waals surface area contributed by atoms with Gasteiger partial charge in [0.25, 0.3) is 0 Å². The minimum atomic E-state index is -0.287. The Hall–Kier alpha value is -1.49. The lowest BCUT2D eigenvalue weighted by Crippen LogP contribution is -2.27.